The average Bonchev–Trinajstić information content (AvgIpc) is 2.68. The molecule has 1 aromatic heterocycles. The number of carbonyl (C=O) groups is 2. The monoisotopic (exact) mass is 416 g/mol. The number of rotatable bonds is 5. The summed E-state index contributed by atoms with van der Waals surface area (Å²) < 4.78 is 5.29. The van der Waals surface area contributed by atoms with Crippen molar-refractivity contribution in [3.8, 4) is 11.1 Å². The predicted octanol–water partition coefficient (Wildman–Crippen LogP) is 4.69. The van der Waals surface area contributed by atoms with Crippen LogP contribution in [0, 0.1) is 0 Å². The van der Waals surface area contributed by atoms with Gasteiger partial charge in [-0.3, -0.25) is 0 Å². The van der Waals surface area contributed by atoms with E-state index in [1.807, 2.05) is 0 Å². The fourth-order valence-corrected chi connectivity index (χ4v) is 3.02. The third-order valence-electron chi connectivity index (χ3n) is 3.99. The van der Waals surface area contributed by atoms with Gasteiger partial charge in [-0.1, -0.05) is 41.4 Å². The van der Waals surface area contributed by atoms with Crippen LogP contribution in [0.1, 0.15) is 26.3 Å². The third kappa shape index (κ3) is 4.24. The molecule has 0 amide bonds. The van der Waals surface area contributed by atoms with Crippen LogP contribution in [0.2, 0.25) is 10.0 Å². The minimum atomic E-state index is -1.05. The Balaban J connectivity index is 1.86. The number of ether oxygens (including phenoxy) is 1. The molecule has 0 aliphatic carbocycles. The lowest BCUT2D eigenvalue weighted by atomic mass is 10.0. The van der Waals surface area contributed by atoms with Crippen molar-refractivity contribution >= 4 is 41.0 Å². The number of esters is 1. The van der Waals surface area contributed by atoms with Crippen LogP contribution >= 0.6 is 23.2 Å². The zero-order valence-electron chi connectivity index (χ0n) is 14.4. The average molecular weight is 417 g/mol. The highest BCUT2D eigenvalue weighted by Gasteiger charge is 2.16. The van der Waals surface area contributed by atoms with E-state index in [1.165, 1.54) is 24.4 Å². The molecule has 0 fully saturated rings. The number of aromatic nitrogens is 1. The Morgan fingerprint density at radius 2 is 1.71 bits per heavy atom. The number of anilines is 1. The second-order valence-electron chi connectivity index (χ2n) is 5.82. The number of halogens is 2. The minimum Gasteiger partial charge on any atom is -0.478 e. The number of pyridine rings is 1. The molecule has 0 bridgehead atoms. The Bertz CT molecular complexity index is 1050. The molecule has 0 atom stereocenters. The maximum absolute atomic E-state index is 12.5. The normalized spacial score (nSPS) is 10.5. The largest absolute Gasteiger partial charge is 0.478 e. The molecule has 0 aliphatic heterocycles. The molecule has 8 heteroatoms. The highest BCUT2D eigenvalue weighted by molar-refractivity contribution is 6.36. The second kappa shape index (κ2) is 8.29. The zero-order chi connectivity index (χ0) is 20.3. The predicted molar refractivity (Wildman–Crippen MR) is 107 cm³/mol. The van der Waals surface area contributed by atoms with Crippen LogP contribution in [0.5, 0.6) is 0 Å². The number of hydrogen-bond acceptors (Lipinski definition) is 5. The first kappa shape index (κ1) is 19.7. The van der Waals surface area contributed by atoms with Gasteiger partial charge in [0, 0.05) is 27.4 Å². The molecule has 1 heterocycles. The molecule has 0 aliphatic rings. The highest BCUT2D eigenvalue weighted by Crippen LogP contribution is 2.27. The highest BCUT2D eigenvalue weighted by atomic mass is 35.5. The molecule has 28 heavy (non-hydrogen) atoms. The van der Waals surface area contributed by atoms with Crippen LogP contribution in [-0.2, 0) is 11.3 Å². The summed E-state index contributed by atoms with van der Waals surface area (Å²) in [6.45, 7) is -0.129. The van der Waals surface area contributed by atoms with Gasteiger partial charge in [0.15, 0.2) is 0 Å². The van der Waals surface area contributed by atoms with Crippen LogP contribution < -0.4 is 5.73 Å². The van der Waals surface area contributed by atoms with Crippen molar-refractivity contribution in [2.75, 3.05) is 5.73 Å². The second-order valence-corrected chi connectivity index (χ2v) is 6.63. The SMILES string of the molecule is Nc1ncc(-c2cccc(C(=O)O)c2)cc1C(=O)OCc1c(Cl)cccc1Cl. The van der Waals surface area contributed by atoms with E-state index in [0.717, 1.165) is 0 Å². The Labute approximate surface area is 170 Å². The van der Waals surface area contributed by atoms with E-state index in [9.17, 15) is 9.59 Å². The van der Waals surface area contributed by atoms with Gasteiger partial charge >= 0.3 is 11.9 Å². The molecule has 3 rings (SSSR count). The molecule has 3 aromatic rings. The third-order valence-corrected chi connectivity index (χ3v) is 4.70. The summed E-state index contributed by atoms with van der Waals surface area (Å²) in [6.07, 6.45) is 1.46. The number of nitrogen functional groups attached to an aromatic ring is 1. The maximum Gasteiger partial charge on any atom is 0.342 e. The van der Waals surface area contributed by atoms with E-state index in [2.05, 4.69) is 4.98 Å². The number of carbonyl (C=O) groups excluding carboxylic acids is 1. The summed E-state index contributed by atoms with van der Waals surface area (Å²) in [7, 11) is 0. The molecule has 0 radical (unpaired) electrons. The van der Waals surface area contributed by atoms with E-state index in [-0.39, 0.29) is 23.6 Å². The Hall–Kier alpha value is -3.09. The first-order chi connectivity index (χ1) is 13.4. The Morgan fingerprint density at radius 3 is 2.39 bits per heavy atom. The van der Waals surface area contributed by atoms with Crippen LogP contribution in [0.4, 0.5) is 5.82 Å². The standard InChI is InChI=1S/C20H14Cl2N2O4/c21-16-5-2-6-17(22)15(16)10-28-20(27)14-8-13(9-24-18(14)23)11-3-1-4-12(7-11)19(25)26/h1-9H,10H2,(H2,23,24)(H,25,26). The van der Waals surface area contributed by atoms with Crippen LogP contribution in [0.15, 0.2) is 54.7 Å². The van der Waals surface area contributed by atoms with E-state index in [0.29, 0.717) is 26.7 Å². The fraction of sp³-hybridized carbons (Fsp3) is 0.0500. The van der Waals surface area contributed by atoms with Crippen molar-refractivity contribution < 1.29 is 19.4 Å². The molecule has 0 saturated heterocycles. The number of nitrogens with zero attached hydrogens (tertiary/aromatic N) is 1. The van der Waals surface area contributed by atoms with E-state index < -0.39 is 11.9 Å². The number of benzene rings is 2. The molecule has 142 valence electrons. The van der Waals surface area contributed by atoms with Gasteiger partial charge in [0.25, 0.3) is 0 Å². The lowest BCUT2D eigenvalue weighted by Gasteiger charge is -2.11. The van der Waals surface area contributed by atoms with E-state index in [1.54, 1.807) is 30.3 Å². The van der Waals surface area contributed by atoms with Crippen LogP contribution in [0.3, 0.4) is 0 Å². The van der Waals surface area contributed by atoms with Crippen molar-refractivity contribution in [1.82, 2.24) is 4.98 Å². The van der Waals surface area contributed by atoms with Crippen molar-refractivity contribution in [2.45, 2.75) is 6.61 Å². The minimum absolute atomic E-state index is 0.00612. The van der Waals surface area contributed by atoms with Crippen molar-refractivity contribution in [3.05, 3.63) is 81.5 Å². The van der Waals surface area contributed by atoms with Crippen LogP contribution in [-0.4, -0.2) is 22.0 Å². The summed E-state index contributed by atoms with van der Waals surface area (Å²) >= 11 is 12.2. The van der Waals surface area contributed by atoms with Gasteiger partial charge in [0.1, 0.15) is 18.0 Å². The van der Waals surface area contributed by atoms with Gasteiger partial charge in [-0.2, -0.15) is 0 Å². The molecule has 0 unspecified atom stereocenters. The number of nitrogens with two attached hydrogens (primary N) is 1. The summed E-state index contributed by atoms with van der Waals surface area (Å²) in [5.41, 5.74) is 7.58. The smallest absolute Gasteiger partial charge is 0.342 e. The zero-order valence-corrected chi connectivity index (χ0v) is 15.9. The summed E-state index contributed by atoms with van der Waals surface area (Å²) in [5, 5.41) is 9.90. The first-order valence-corrected chi connectivity index (χ1v) is 8.81. The molecule has 3 N–H and O–H groups in total. The molecule has 0 saturated carbocycles. The first-order valence-electron chi connectivity index (χ1n) is 8.06. The molecule has 2 aromatic carbocycles. The molecular formula is C20H14Cl2N2O4. The van der Waals surface area contributed by atoms with Crippen molar-refractivity contribution in [2.24, 2.45) is 0 Å². The number of hydrogen-bond donors (Lipinski definition) is 2. The Kier molecular flexibility index (Phi) is 5.82. The lowest BCUT2D eigenvalue weighted by molar-refractivity contribution is 0.0473. The topological polar surface area (TPSA) is 103 Å². The Morgan fingerprint density at radius 1 is 1.04 bits per heavy atom. The van der Waals surface area contributed by atoms with Gasteiger partial charge in [0.05, 0.1) is 5.56 Å². The molecular weight excluding hydrogens is 403 g/mol. The fourth-order valence-electron chi connectivity index (χ4n) is 2.51. The van der Waals surface area contributed by atoms with Crippen LogP contribution in [0.25, 0.3) is 11.1 Å². The molecule has 6 nitrogen and oxygen atoms in total. The number of carboxylic acid groups (broad SMARTS) is 1. The van der Waals surface area contributed by atoms with Gasteiger partial charge in [-0.15, -0.1) is 0 Å². The number of aromatic carboxylic acids is 1. The van der Waals surface area contributed by atoms with Crippen molar-refractivity contribution in [3.63, 3.8) is 0 Å². The van der Waals surface area contributed by atoms with E-state index >= 15 is 0 Å². The van der Waals surface area contributed by atoms with E-state index in [4.69, 9.17) is 38.8 Å². The van der Waals surface area contributed by atoms with Gasteiger partial charge in [0.2, 0.25) is 0 Å². The summed E-state index contributed by atoms with van der Waals surface area (Å²) in [6, 6.07) is 12.7. The summed E-state index contributed by atoms with van der Waals surface area (Å²) in [4.78, 5) is 27.7. The summed E-state index contributed by atoms with van der Waals surface area (Å²) in [5.74, 6) is -1.76. The van der Waals surface area contributed by atoms with Crippen molar-refractivity contribution in [1.29, 1.82) is 0 Å². The van der Waals surface area contributed by atoms with Gasteiger partial charge in [-0.25, -0.2) is 14.6 Å². The lowest BCUT2D eigenvalue weighted by Crippen LogP contribution is -2.10. The van der Waals surface area contributed by atoms with Gasteiger partial charge in [-0.05, 0) is 35.9 Å². The maximum atomic E-state index is 12.5. The molecule has 0 spiro atoms. The van der Waals surface area contributed by atoms with Gasteiger partial charge < -0.3 is 15.6 Å². The number of carboxylic acids is 1. The quantitative estimate of drug-likeness (QED) is 0.584.